The molecule has 5 nitrogen and oxygen atoms in total. The molecule has 88 valence electrons. The van der Waals surface area contributed by atoms with Gasteiger partial charge in [0.2, 0.25) is 0 Å². The molecule has 1 heterocycles. The highest BCUT2D eigenvalue weighted by Crippen LogP contribution is 2.26. The Hall–Kier alpha value is -1.65. The zero-order valence-corrected chi connectivity index (χ0v) is 10.5. The van der Waals surface area contributed by atoms with Crippen molar-refractivity contribution in [2.45, 2.75) is 12.2 Å². The van der Waals surface area contributed by atoms with E-state index in [4.69, 9.17) is 5.26 Å². The van der Waals surface area contributed by atoms with E-state index in [2.05, 4.69) is 9.71 Å². The molecule has 0 saturated heterocycles. The molecule has 1 atom stereocenters. The molecule has 7 heteroatoms. The standard InChI is InChI=1S/C10H9N3O2S2/c1-7(6-11)17(14,15)13-10-12-8-4-2-3-5-9(8)16-10/h2-5,7H,1H3,(H,12,13). The van der Waals surface area contributed by atoms with Crippen LogP contribution in [0.25, 0.3) is 10.2 Å². The summed E-state index contributed by atoms with van der Waals surface area (Å²) in [6.45, 7) is 1.33. The Morgan fingerprint density at radius 2 is 2.18 bits per heavy atom. The van der Waals surface area contributed by atoms with Gasteiger partial charge in [0.05, 0.1) is 16.3 Å². The van der Waals surface area contributed by atoms with E-state index in [-0.39, 0.29) is 5.13 Å². The molecular weight excluding hydrogens is 258 g/mol. The van der Waals surface area contributed by atoms with Crippen LogP contribution in [0.5, 0.6) is 0 Å². The van der Waals surface area contributed by atoms with Gasteiger partial charge in [0.1, 0.15) is 0 Å². The Bertz CT molecular complexity index is 652. The van der Waals surface area contributed by atoms with Gasteiger partial charge in [-0.05, 0) is 19.1 Å². The molecule has 0 aliphatic carbocycles. The minimum atomic E-state index is -3.67. The fourth-order valence-electron chi connectivity index (χ4n) is 1.20. The first-order valence-electron chi connectivity index (χ1n) is 4.80. The summed E-state index contributed by atoms with van der Waals surface area (Å²) in [6, 6.07) is 9.04. The molecular formula is C10H9N3O2S2. The van der Waals surface area contributed by atoms with E-state index in [1.54, 1.807) is 12.1 Å². The summed E-state index contributed by atoms with van der Waals surface area (Å²) in [5.74, 6) is 0. The zero-order valence-electron chi connectivity index (χ0n) is 8.91. The van der Waals surface area contributed by atoms with Crippen molar-refractivity contribution in [3.8, 4) is 6.07 Å². The molecule has 17 heavy (non-hydrogen) atoms. The van der Waals surface area contributed by atoms with Crippen LogP contribution in [0.1, 0.15) is 6.92 Å². The number of para-hydroxylation sites is 1. The molecule has 0 radical (unpaired) electrons. The minimum Gasteiger partial charge on any atom is -0.257 e. The highest BCUT2D eigenvalue weighted by molar-refractivity contribution is 7.93. The first-order chi connectivity index (χ1) is 8.03. The fraction of sp³-hybridized carbons (Fsp3) is 0.200. The van der Waals surface area contributed by atoms with Gasteiger partial charge in [-0.15, -0.1) is 0 Å². The number of thiazole rings is 1. The van der Waals surface area contributed by atoms with Crippen molar-refractivity contribution in [2.75, 3.05) is 4.72 Å². The molecule has 1 aromatic heterocycles. The lowest BCUT2D eigenvalue weighted by Crippen LogP contribution is -2.23. The molecule has 1 aromatic carbocycles. The third kappa shape index (κ3) is 2.38. The van der Waals surface area contributed by atoms with Crippen molar-refractivity contribution in [3.63, 3.8) is 0 Å². The Kier molecular flexibility index (Phi) is 3.00. The molecule has 2 aromatic rings. The van der Waals surface area contributed by atoms with Gasteiger partial charge in [-0.25, -0.2) is 13.4 Å². The van der Waals surface area contributed by atoms with Crippen LogP contribution < -0.4 is 4.72 Å². The molecule has 1 unspecified atom stereocenters. The molecule has 0 aliphatic rings. The Labute approximate surface area is 103 Å². The lowest BCUT2D eigenvalue weighted by molar-refractivity contribution is 0.597. The normalized spacial score (nSPS) is 13.2. The molecule has 0 amide bonds. The Balaban J connectivity index is 2.34. The van der Waals surface area contributed by atoms with E-state index in [9.17, 15) is 8.42 Å². The highest BCUT2D eigenvalue weighted by atomic mass is 32.2. The van der Waals surface area contributed by atoms with Crippen molar-refractivity contribution in [1.29, 1.82) is 5.26 Å². The van der Waals surface area contributed by atoms with E-state index < -0.39 is 15.3 Å². The third-order valence-electron chi connectivity index (χ3n) is 2.17. The van der Waals surface area contributed by atoms with E-state index in [1.165, 1.54) is 18.3 Å². The molecule has 0 bridgehead atoms. The van der Waals surface area contributed by atoms with Crippen LogP contribution in [-0.4, -0.2) is 18.7 Å². The number of nitriles is 1. The quantitative estimate of drug-likeness (QED) is 0.921. The number of aromatic nitrogens is 1. The zero-order chi connectivity index (χ0) is 12.5. The van der Waals surface area contributed by atoms with Crippen molar-refractivity contribution < 1.29 is 8.42 Å². The fourth-order valence-corrected chi connectivity index (χ4v) is 3.03. The van der Waals surface area contributed by atoms with E-state index in [1.807, 2.05) is 18.2 Å². The van der Waals surface area contributed by atoms with Crippen LogP contribution >= 0.6 is 11.3 Å². The monoisotopic (exact) mass is 267 g/mol. The van der Waals surface area contributed by atoms with E-state index in [0.29, 0.717) is 0 Å². The molecule has 0 spiro atoms. The maximum Gasteiger partial charge on any atom is 0.250 e. The highest BCUT2D eigenvalue weighted by Gasteiger charge is 2.21. The number of benzene rings is 1. The van der Waals surface area contributed by atoms with Gasteiger partial charge in [-0.1, -0.05) is 23.5 Å². The van der Waals surface area contributed by atoms with Crippen LogP contribution in [0.15, 0.2) is 24.3 Å². The van der Waals surface area contributed by atoms with Crippen LogP contribution in [0.4, 0.5) is 5.13 Å². The van der Waals surface area contributed by atoms with Crippen LogP contribution in [0.2, 0.25) is 0 Å². The van der Waals surface area contributed by atoms with Crippen molar-refractivity contribution in [3.05, 3.63) is 24.3 Å². The number of nitrogens with one attached hydrogen (secondary N) is 1. The summed E-state index contributed by atoms with van der Waals surface area (Å²) in [6.07, 6.45) is 0. The second kappa shape index (κ2) is 4.31. The van der Waals surface area contributed by atoms with Crippen molar-refractivity contribution in [1.82, 2.24) is 4.98 Å². The van der Waals surface area contributed by atoms with Gasteiger partial charge < -0.3 is 0 Å². The maximum atomic E-state index is 11.6. The minimum absolute atomic E-state index is 0.285. The van der Waals surface area contributed by atoms with Gasteiger partial charge in [-0.2, -0.15) is 5.26 Å². The molecule has 2 rings (SSSR count). The summed E-state index contributed by atoms with van der Waals surface area (Å²) in [5.41, 5.74) is 0.736. The Morgan fingerprint density at radius 1 is 1.47 bits per heavy atom. The van der Waals surface area contributed by atoms with Crippen LogP contribution in [0.3, 0.4) is 0 Å². The average Bonchev–Trinajstić information content (AvgIpc) is 2.68. The first kappa shape index (κ1) is 11.8. The number of anilines is 1. The summed E-state index contributed by atoms with van der Waals surface area (Å²) in [7, 11) is -3.67. The SMILES string of the molecule is CC(C#N)S(=O)(=O)Nc1nc2ccccc2s1. The van der Waals surface area contributed by atoms with E-state index in [0.717, 1.165) is 10.2 Å². The van der Waals surface area contributed by atoms with Crippen molar-refractivity contribution >= 4 is 36.7 Å². The number of hydrogen-bond acceptors (Lipinski definition) is 5. The third-order valence-corrected chi connectivity index (χ3v) is 4.77. The largest absolute Gasteiger partial charge is 0.257 e. The van der Waals surface area contributed by atoms with Crippen LogP contribution in [0, 0.1) is 11.3 Å². The van der Waals surface area contributed by atoms with Gasteiger partial charge >= 0.3 is 0 Å². The maximum absolute atomic E-state index is 11.6. The summed E-state index contributed by atoms with van der Waals surface area (Å²) >= 11 is 1.24. The lowest BCUT2D eigenvalue weighted by Gasteiger charge is -2.05. The van der Waals surface area contributed by atoms with Gasteiger partial charge in [-0.3, -0.25) is 4.72 Å². The van der Waals surface area contributed by atoms with Gasteiger partial charge in [0, 0.05) is 0 Å². The first-order valence-corrected chi connectivity index (χ1v) is 7.16. The average molecular weight is 267 g/mol. The summed E-state index contributed by atoms with van der Waals surface area (Å²) in [5, 5.41) is 7.79. The molecule has 0 saturated carbocycles. The van der Waals surface area contributed by atoms with E-state index >= 15 is 0 Å². The second-order valence-electron chi connectivity index (χ2n) is 3.41. The topological polar surface area (TPSA) is 82.8 Å². The summed E-state index contributed by atoms with van der Waals surface area (Å²) < 4.78 is 26.5. The predicted octanol–water partition coefficient (Wildman–Crippen LogP) is 1.95. The smallest absolute Gasteiger partial charge is 0.250 e. The van der Waals surface area contributed by atoms with Gasteiger partial charge in [0.25, 0.3) is 10.0 Å². The molecule has 0 fully saturated rings. The molecule has 0 aliphatic heterocycles. The van der Waals surface area contributed by atoms with Crippen molar-refractivity contribution in [2.24, 2.45) is 0 Å². The predicted molar refractivity (Wildman–Crippen MR) is 67.2 cm³/mol. The number of nitrogens with zero attached hydrogens (tertiary/aromatic N) is 2. The number of fused-ring (bicyclic) bond motifs is 1. The number of sulfonamides is 1. The molecule has 1 N–H and O–H groups in total. The summed E-state index contributed by atoms with van der Waals surface area (Å²) in [4.78, 5) is 4.13. The van der Waals surface area contributed by atoms with Crippen LogP contribution in [-0.2, 0) is 10.0 Å². The second-order valence-corrected chi connectivity index (χ2v) is 6.44. The number of hydrogen-bond donors (Lipinski definition) is 1. The number of rotatable bonds is 3. The lowest BCUT2D eigenvalue weighted by atomic mass is 10.3. The van der Waals surface area contributed by atoms with Gasteiger partial charge in [0.15, 0.2) is 10.4 Å². The Morgan fingerprint density at radius 3 is 2.82 bits per heavy atom.